The number of likely N-dealkylation sites (N-methyl/N-ethyl adjacent to an activating group) is 1. The number of aromatic nitrogens is 3. The molecule has 1 saturated carbocycles. The Morgan fingerprint density at radius 3 is 2.46 bits per heavy atom. The van der Waals surface area contributed by atoms with Crippen molar-refractivity contribution in [2.24, 2.45) is 5.41 Å². The van der Waals surface area contributed by atoms with E-state index < -0.39 is 10.0 Å². The summed E-state index contributed by atoms with van der Waals surface area (Å²) in [6.07, 6.45) is 8.08. The number of imidazole rings is 1. The Labute approximate surface area is 221 Å². The molecule has 0 radical (unpaired) electrons. The second kappa shape index (κ2) is 9.44. The van der Waals surface area contributed by atoms with Gasteiger partial charge in [-0.25, -0.2) is 22.8 Å². The van der Waals surface area contributed by atoms with E-state index in [0.29, 0.717) is 23.2 Å². The molecular weight excluding hydrogens is 511 g/mol. The fourth-order valence-corrected chi connectivity index (χ4v) is 8.71. The van der Waals surface area contributed by atoms with Crippen LogP contribution in [0.4, 0.5) is 9.52 Å². The van der Waals surface area contributed by atoms with E-state index in [4.69, 9.17) is 0 Å². The number of hydrogen-bond donors (Lipinski definition) is 0. The number of piperazine rings is 1. The number of nitrogens with zero attached hydrogens (tertiary/aromatic N) is 6. The van der Waals surface area contributed by atoms with E-state index in [9.17, 15) is 12.8 Å². The second-order valence-corrected chi connectivity index (χ2v) is 13.9. The highest BCUT2D eigenvalue weighted by Crippen LogP contribution is 2.65. The van der Waals surface area contributed by atoms with E-state index in [1.54, 1.807) is 4.31 Å². The van der Waals surface area contributed by atoms with Crippen LogP contribution in [0, 0.1) is 11.2 Å². The zero-order chi connectivity index (χ0) is 25.8. The minimum atomic E-state index is -3.54. The van der Waals surface area contributed by atoms with Crippen LogP contribution < -0.4 is 4.90 Å². The van der Waals surface area contributed by atoms with E-state index in [-0.39, 0.29) is 17.3 Å². The smallest absolute Gasteiger partial charge is 0.254 e. The Balaban J connectivity index is 1.11. The topological polar surface area (TPSA) is 74.6 Å². The molecule has 1 aliphatic carbocycles. The third-order valence-electron chi connectivity index (χ3n) is 8.57. The molecule has 3 aliphatic rings. The van der Waals surface area contributed by atoms with Crippen molar-refractivity contribution in [1.82, 2.24) is 23.7 Å². The summed E-state index contributed by atoms with van der Waals surface area (Å²) in [4.78, 5) is 13.3. The molecule has 8 nitrogen and oxygen atoms in total. The largest absolute Gasteiger partial charge is 0.345 e. The summed E-state index contributed by atoms with van der Waals surface area (Å²) in [5, 5.41) is 0.797. The summed E-state index contributed by atoms with van der Waals surface area (Å²) in [6, 6.07) is 6.69. The van der Waals surface area contributed by atoms with Crippen molar-refractivity contribution in [3.05, 3.63) is 60.1 Å². The molecule has 2 saturated heterocycles. The van der Waals surface area contributed by atoms with Crippen molar-refractivity contribution < 1.29 is 12.8 Å². The fraction of sp³-hybridized carbons (Fsp3) is 0.538. The van der Waals surface area contributed by atoms with E-state index >= 15 is 0 Å². The zero-order valence-electron chi connectivity index (χ0n) is 21.3. The molecular formula is C26H33FN6O2S2. The summed E-state index contributed by atoms with van der Waals surface area (Å²) in [6.45, 7) is 6.82. The number of hydrogen-bond acceptors (Lipinski definition) is 7. The van der Waals surface area contributed by atoms with Gasteiger partial charge >= 0.3 is 0 Å². The molecule has 1 aromatic carbocycles. The van der Waals surface area contributed by atoms with E-state index in [1.165, 1.54) is 35.4 Å². The number of anilines is 1. The van der Waals surface area contributed by atoms with Crippen LogP contribution in [0.15, 0.2) is 47.2 Å². The minimum absolute atomic E-state index is 0.0528. The average Bonchev–Trinajstić information content (AvgIpc) is 3.26. The zero-order valence-corrected chi connectivity index (χ0v) is 22.9. The Bertz CT molecular complexity index is 1360. The Morgan fingerprint density at radius 1 is 1.05 bits per heavy atom. The van der Waals surface area contributed by atoms with Gasteiger partial charge in [0.1, 0.15) is 5.82 Å². The van der Waals surface area contributed by atoms with Gasteiger partial charge in [-0.15, -0.1) is 0 Å². The monoisotopic (exact) mass is 544 g/mol. The molecule has 4 heterocycles. The Kier molecular flexibility index (Phi) is 6.37. The highest BCUT2D eigenvalue weighted by Gasteiger charge is 2.57. The van der Waals surface area contributed by atoms with Crippen LogP contribution in [0.2, 0.25) is 0 Å². The number of thiazole rings is 1. The lowest BCUT2D eigenvalue weighted by Gasteiger charge is -2.32. The van der Waals surface area contributed by atoms with Crippen LogP contribution in [0.1, 0.15) is 49.4 Å². The van der Waals surface area contributed by atoms with Gasteiger partial charge in [0, 0.05) is 57.1 Å². The predicted octanol–water partition coefficient (Wildman–Crippen LogP) is 3.80. The third kappa shape index (κ3) is 4.60. The lowest BCUT2D eigenvalue weighted by Crippen LogP contribution is -2.44. The first-order chi connectivity index (χ1) is 17.8. The summed E-state index contributed by atoms with van der Waals surface area (Å²) in [5.74, 6) is 0.133. The molecule has 2 aromatic heterocycles. The van der Waals surface area contributed by atoms with Gasteiger partial charge in [0.05, 0.1) is 18.6 Å². The first-order valence-electron chi connectivity index (χ1n) is 12.9. The molecule has 2 aliphatic heterocycles. The normalized spacial score (nSPS) is 23.4. The summed E-state index contributed by atoms with van der Waals surface area (Å²) < 4.78 is 44.4. The van der Waals surface area contributed by atoms with Crippen LogP contribution in [0.5, 0.6) is 0 Å². The lowest BCUT2D eigenvalue weighted by atomic mass is 9.91. The summed E-state index contributed by atoms with van der Waals surface area (Å²) >= 11 is 1.29. The van der Waals surface area contributed by atoms with Gasteiger partial charge in [-0.1, -0.05) is 23.5 Å². The van der Waals surface area contributed by atoms with Crippen molar-refractivity contribution in [1.29, 1.82) is 0 Å². The van der Waals surface area contributed by atoms with Crippen LogP contribution in [0.3, 0.4) is 0 Å². The molecule has 1 unspecified atom stereocenters. The molecule has 37 heavy (non-hydrogen) atoms. The molecule has 3 fully saturated rings. The number of rotatable bonds is 6. The van der Waals surface area contributed by atoms with E-state index in [0.717, 1.165) is 56.1 Å². The van der Waals surface area contributed by atoms with Gasteiger partial charge in [0.15, 0.2) is 9.34 Å². The van der Waals surface area contributed by atoms with Crippen molar-refractivity contribution in [2.75, 3.05) is 51.2 Å². The summed E-state index contributed by atoms with van der Waals surface area (Å²) in [7, 11) is -1.44. The van der Waals surface area contributed by atoms with E-state index in [1.807, 2.05) is 24.7 Å². The first kappa shape index (κ1) is 25.0. The van der Waals surface area contributed by atoms with Crippen molar-refractivity contribution >= 4 is 26.5 Å². The average molecular weight is 545 g/mol. The van der Waals surface area contributed by atoms with Crippen molar-refractivity contribution in [3.8, 4) is 0 Å². The molecule has 0 N–H and O–H groups in total. The molecule has 198 valence electrons. The van der Waals surface area contributed by atoms with Gasteiger partial charge in [0.25, 0.3) is 10.0 Å². The maximum absolute atomic E-state index is 13.4. The lowest BCUT2D eigenvalue weighted by molar-refractivity contribution is 0.250. The highest BCUT2D eigenvalue weighted by molar-refractivity contribution is 7.91. The van der Waals surface area contributed by atoms with Crippen LogP contribution in [0.25, 0.3) is 0 Å². The number of benzene rings is 1. The van der Waals surface area contributed by atoms with Gasteiger partial charge in [-0.05, 0) is 56.3 Å². The molecule has 2 atom stereocenters. The van der Waals surface area contributed by atoms with Crippen LogP contribution in [-0.2, 0) is 10.0 Å². The minimum Gasteiger partial charge on any atom is -0.345 e. The van der Waals surface area contributed by atoms with Crippen molar-refractivity contribution in [2.45, 2.75) is 42.4 Å². The molecule has 6 rings (SSSR count). The van der Waals surface area contributed by atoms with Gasteiger partial charge < -0.3 is 14.4 Å². The maximum Gasteiger partial charge on any atom is 0.254 e. The highest BCUT2D eigenvalue weighted by atomic mass is 32.2. The summed E-state index contributed by atoms with van der Waals surface area (Å²) in [5.41, 5.74) is 2.36. The molecule has 1 spiro atoms. The molecule has 11 heteroatoms. The van der Waals surface area contributed by atoms with E-state index in [2.05, 4.69) is 38.3 Å². The Morgan fingerprint density at radius 2 is 1.76 bits per heavy atom. The number of piperidine rings is 1. The number of sulfonamides is 1. The van der Waals surface area contributed by atoms with Gasteiger partial charge in [-0.3, -0.25) is 0 Å². The van der Waals surface area contributed by atoms with Crippen molar-refractivity contribution in [3.63, 3.8) is 0 Å². The first-order valence-corrected chi connectivity index (χ1v) is 15.2. The van der Waals surface area contributed by atoms with Gasteiger partial charge in [-0.2, -0.15) is 4.31 Å². The molecule has 0 bridgehead atoms. The second-order valence-electron chi connectivity index (χ2n) is 10.7. The third-order valence-corrected chi connectivity index (χ3v) is 12.0. The maximum atomic E-state index is 13.4. The quantitative estimate of drug-likeness (QED) is 0.470. The number of halogens is 1. The fourth-order valence-electron chi connectivity index (χ4n) is 5.94. The predicted molar refractivity (Wildman–Crippen MR) is 142 cm³/mol. The van der Waals surface area contributed by atoms with Crippen LogP contribution >= 0.6 is 11.3 Å². The molecule has 0 amide bonds. The van der Waals surface area contributed by atoms with Gasteiger partial charge in [0.2, 0.25) is 0 Å². The standard InChI is InChI=1S/C26H33FN6O2S2/c1-19(20-3-5-21(27)6-4-20)33-18-28-16-23(33)22-15-26(22)7-9-32(10-8-26)37(34,35)24-17-29-25(36-24)31-13-11-30(2)12-14-31/h3-6,16-19,22H,7-15H2,1-2H3/t19-,22?/m1/s1. The Hall–Kier alpha value is -2.34. The SMILES string of the molecule is C[C@H](c1ccc(F)cc1)n1cncc1C1CC12CCN(S(=O)(=O)c1cnc(N3CCN(C)CC3)s1)CC2. The van der Waals surface area contributed by atoms with Crippen LogP contribution in [-0.4, -0.2) is 78.5 Å². The molecule has 3 aromatic rings.